The van der Waals surface area contributed by atoms with E-state index in [1.54, 1.807) is 14.2 Å². The van der Waals surface area contributed by atoms with E-state index in [0.29, 0.717) is 12.0 Å². The smallest absolute Gasteiger partial charge is 0.166 e. The second-order valence-corrected chi connectivity index (χ2v) is 11.6. The molecule has 1 aromatic rings. The third kappa shape index (κ3) is 1.82. The normalized spacial score (nSPS) is 45.6. The quantitative estimate of drug-likeness (QED) is 0.718. The molecular weight excluding hydrogens is 402 g/mol. The van der Waals surface area contributed by atoms with E-state index in [4.69, 9.17) is 14.2 Å². The molecule has 7 atom stereocenters. The number of nitrogens with zero attached hydrogens (tertiary/aromatic N) is 1. The van der Waals surface area contributed by atoms with Crippen molar-refractivity contribution in [2.45, 2.75) is 81.1 Å². The van der Waals surface area contributed by atoms with E-state index in [0.717, 1.165) is 37.3 Å². The zero-order chi connectivity index (χ0) is 22.9. The fourth-order valence-corrected chi connectivity index (χ4v) is 9.37. The summed E-state index contributed by atoms with van der Waals surface area (Å²) in [6.45, 7) is 9.47. The Balaban J connectivity index is 1.78. The summed E-state index contributed by atoms with van der Waals surface area (Å²) in [7, 11) is 5.81. The highest BCUT2D eigenvalue weighted by Gasteiger charge is 2.85. The number of rotatable bonds is 4. The van der Waals surface area contributed by atoms with Crippen LogP contribution in [0.2, 0.25) is 0 Å². The molecule has 32 heavy (non-hydrogen) atoms. The number of methoxy groups -OCH3 is 2. The first-order valence-corrected chi connectivity index (χ1v) is 12.2. The summed E-state index contributed by atoms with van der Waals surface area (Å²) in [5.74, 6) is 2.03. The van der Waals surface area contributed by atoms with E-state index in [-0.39, 0.29) is 16.7 Å². The number of benzene rings is 1. The van der Waals surface area contributed by atoms with Crippen molar-refractivity contribution in [2.75, 3.05) is 27.8 Å². The maximum atomic E-state index is 11.5. The Morgan fingerprint density at radius 2 is 2.00 bits per heavy atom. The van der Waals surface area contributed by atoms with E-state index in [9.17, 15) is 5.11 Å². The molecule has 6 aliphatic rings. The molecule has 2 fully saturated rings. The lowest BCUT2D eigenvalue weighted by Gasteiger charge is -2.76. The highest BCUT2D eigenvalue weighted by molar-refractivity contribution is 5.68. The molecule has 1 N–H and O–H groups in total. The number of ether oxygens (including phenoxy) is 3. The van der Waals surface area contributed by atoms with Crippen LogP contribution in [-0.2, 0) is 10.2 Å². The number of piperidine rings is 1. The maximum absolute atomic E-state index is 11.5. The molecule has 0 aromatic heterocycles. The van der Waals surface area contributed by atoms with Gasteiger partial charge >= 0.3 is 0 Å². The van der Waals surface area contributed by atoms with E-state index >= 15 is 0 Å². The van der Waals surface area contributed by atoms with Crippen molar-refractivity contribution >= 4 is 0 Å². The highest BCUT2D eigenvalue weighted by atomic mass is 16.6. The maximum Gasteiger partial charge on any atom is 0.166 e. The van der Waals surface area contributed by atoms with Gasteiger partial charge in [0, 0.05) is 36.0 Å². The van der Waals surface area contributed by atoms with Crippen LogP contribution in [0, 0.1) is 11.3 Å². The van der Waals surface area contributed by atoms with Crippen LogP contribution >= 0.6 is 0 Å². The first-order valence-electron chi connectivity index (χ1n) is 12.2. The van der Waals surface area contributed by atoms with Crippen molar-refractivity contribution in [1.82, 2.24) is 4.90 Å². The van der Waals surface area contributed by atoms with Crippen molar-refractivity contribution < 1.29 is 19.3 Å². The molecule has 5 heteroatoms. The van der Waals surface area contributed by atoms with Crippen LogP contribution in [0.25, 0.3) is 0 Å². The van der Waals surface area contributed by atoms with Crippen molar-refractivity contribution in [2.24, 2.45) is 11.3 Å². The first kappa shape index (κ1) is 21.0. The molecule has 4 bridgehead atoms. The molecule has 0 unspecified atom stereocenters. The monoisotopic (exact) mass is 439 g/mol. The van der Waals surface area contributed by atoms with Gasteiger partial charge in [-0.3, -0.25) is 0 Å². The topological polar surface area (TPSA) is 51.2 Å². The van der Waals surface area contributed by atoms with Gasteiger partial charge in [0.15, 0.2) is 11.5 Å². The van der Waals surface area contributed by atoms with E-state index < -0.39 is 16.8 Å². The number of likely N-dealkylation sites (N-methyl/N-ethyl adjacent to an activating group) is 1. The highest BCUT2D eigenvalue weighted by Crippen LogP contribution is 2.80. The van der Waals surface area contributed by atoms with Gasteiger partial charge in [0.05, 0.1) is 18.1 Å². The average molecular weight is 440 g/mol. The summed E-state index contributed by atoms with van der Waals surface area (Å²) in [5.41, 5.74) is 0.149. The van der Waals surface area contributed by atoms with Crippen molar-refractivity contribution in [3.8, 4) is 11.5 Å². The number of hydrogen-bond acceptors (Lipinski definition) is 5. The minimum Gasteiger partial charge on any atom is -0.493 e. The molecule has 0 radical (unpaired) electrons. The summed E-state index contributed by atoms with van der Waals surface area (Å²) in [4.78, 5) is 2.59. The summed E-state index contributed by atoms with van der Waals surface area (Å²) in [5, 5.41) is 11.5. The molecule has 1 saturated carbocycles. The van der Waals surface area contributed by atoms with Crippen LogP contribution in [0.3, 0.4) is 0 Å². The molecule has 2 heterocycles. The Kier molecular flexibility index (Phi) is 3.88. The van der Waals surface area contributed by atoms with E-state index in [2.05, 4.69) is 50.1 Å². The minimum absolute atomic E-state index is 0.0866. The Morgan fingerprint density at radius 1 is 1.25 bits per heavy atom. The van der Waals surface area contributed by atoms with Crippen LogP contribution in [0.15, 0.2) is 24.3 Å². The van der Waals surface area contributed by atoms with Gasteiger partial charge in [0.2, 0.25) is 0 Å². The molecule has 2 spiro atoms. The van der Waals surface area contributed by atoms with Crippen LogP contribution in [0.1, 0.15) is 64.0 Å². The number of hydrogen-bond donors (Lipinski definition) is 1. The van der Waals surface area contributed by atoms with Gasteiger partial charge in [-0.2, -0.15) is 0 Å². The molecule has 174 valence electrons. The van der Waals surface area contributed by atoms with Crippen LogP contribution in [0.5, 0.6) is 11.5 Å². The summed E-state index contributed by atoms with van der Waals surface area (Å²) >= 11 is 0. The second kappa shape index (κ2) is 5.92. The van der Waals surface area contributed by atoms with E-state index in [1.165, 1.54) is 11.1 Å². The Hall–Kier alpha value is -1.56. The largest absolute Gasteiger partial charge is 0.493 e. The number of fused-ring (bicyclic) bond motifs is 1. The predicted molar refractivity (Wildman–Crippen MR) is 123 cm³/mol. The van der Waals surface area contributed by atoms with Gasteiger partial charge in [0.25, 0.3) is 0 Å². The van der Waals surface area contributed by atoms with Crippen molar-refractivity contribution in [3.05, 3.63) is 35.4 Å². The number of aliphatic hydroxyl groups is 1. The predicted octanol–water partition coefficient (Wildman–Crippen LogP) is 4.03. The molecule has 1 aromatic carbocycles. The molecule has 1 saturated heterocycles. The molecule has 0 amide bonds. The summed E-state index contributed by atoms with van der Waals surface area (Å²) in [6.07, 6.45) is 7.71. The molecule has 2 aliphatic heterocycles. The van der Waals surface area contributed by atoms with Crippen molar-refractivity contribution in [3.63, 3.8) is 0 Å². The van der Waals surface area contributed by atoms with Crippen LogP contribution in [0.4, 0.5) is 0 Å². The van der Waals surface area contributed by atoms with E-state index in [1.807, 2.05) is 13.8 Å². The van der Waals surface area contributed by atoms with Gasteiger partial charge in [-0.15, -0.1) is 0 Å². The first-order chi connectivity index (χ1) is 15.1. The SMILES string of the molecule is CC[C@@H]1c2ccc(OC)c3c2[C@]24CCN(C)[C@H]1[C@]21C=C[C@@](OC)([C@H](C(C)(C)O)C1)[C@@]4(C)O3. The van der Waals surface area contributed by atoms with Gasteiger partial charge in [0.1, 0.15) is 11.2 Å². The van der Waals surface area contributed by atoms with Crippen molar-refractivity contribution in [1.29, 1.82) is 0 Å². The number of likely N-dealkylation sites (tertiary alicyclic amines) is 1. The lowest BCUT2D eigenvalue weighted by Crippen LogP contribution is -2.85. The van der Waals surface area contributed by atoms with Gasteiger partial charge in [-0.05, 0) is 65.3 Å². The Bertz CT molecular complexity index is 1030. The Morgan fingerprint density at radius 3 is 2.62 bits per heavy atom. The zero-order valence-electron chi connectivity index (χ0n) is 20.5. The lowest BCUT2D eigenvalue weighted by molar-refractivity contribution is -0.285. The molecule has 7 rings (SSSR count). The van der Waals surface area contributed by atoms with Crippen LogP contribution < -0.4 is 9.47 Å². The zero-order valence-corrected chi connectivity index (χ0v) is 20.5. The summed E-state index contributed by atoms with van der Waals surface area (Å²) in [6, 6.07) is 4.73. The third-order valence-corrected chi connectivity index (χ3v) is 10.4. The molecule has 5 nitrogen and oxygen atoms in total. The van der Waals surface area contributed by atoms with Crippen LogP contribution in [-0.4, -0.2) is 60.7 Å². The van der Waals surface area contributed by atoms with Gasteiger partial charge < -0.3 is 24.2 Å². The second-order valence-electron chi connectivity index (χ2n) is 11.6. The third-order valence-electron chi connectivity index (χ3n) is 10.4. The lowest BCUT2D eigenvalue weighted by atomic mass is 9.31. The Labute approximate surface area is 191 Å². The van der Waals surface area contributed by atoms with Gasteiger partial charge in [-0.1, -0.05) is 25.1 Å². The fourth-order valence-electron chi connectivity index (χ4n) is 9.37. The standard InChI is InChI=1S/C27H37NO4/c1-8-16-17-9-10-18(30-6)21-20(17)26-13-14-28(5)22(16)25(26)11-12-27(31-7,24(26,4)32-21)19(15-25)23(2,3)29/h9-12,16,19,22,29H,8,13-15H2,1-7H3/t16-,19+,22-,24+,25-,26+,27-/m1/s1. The minimum atomic E-state index is -0.907. The average Bonchev–Trinajstić information content (AvgIpc) is 3.05. The summed E-state index contributed by atoms with van der Waals surface area (Å²) < 4.78 is 19.5. The fraction of sp³-hybridized carbons (Fsp3) is 0.704. The molecular formula is C27H37NO4. The molecule has 4 aliphatic carbocycles. The van der Waals surface area contributed by atoms with Gasteiger partial charge in [-0.25, -0.2) is 0 Å².